The van der Waals surface area contributed by atoms with E-state index in [4.69, 9.17) is 21.6 Å². The third-order valence-corrected chi connectivity index (χ3v) is 7.94. The molecule has 0 radical (unpaired) electrons. The van der Waals surface area contributed by atoms with Gasteiger partial charge in [0.1, 0.15) is 12.2 Å². The first kappa shape index (κ1) is 28.2. The highest BCUT2D eigenvalue weighted by molar-refractivity contribution is 6.33. The molecule has 3 aromatic rings. The monoisotopic (exact) mass is 577 g/mol. The number of benzene rings is 1. The average Bonchev–Trinajstić information content (AvgIpc) is 2.86. The third-order valence-electron chi connectivity index (χ3n) is 7.63. The van der Waals surface area contributed by atoms with Crippen LogP contribution in [-0.2, 0) is 23.9 Å². The second-order valence-electron chi connectivity index (χ2n) is 10.4. The maximum absolute atomic E-state index is 14.1. The number of rotatable bonds is 6. The van der Waals surface area contributed by atoms with Crippen molar-refractivity contribution in [3.05, 3.63) is 50.4 Å². The minimum Gasteiger partial charge on any atom is -0.361 e. The molecular formula is C27H31ClF3N7O2. The first-order valence-electron chi connectivity index (χ1n) is 13.2. The highest BCUT2D eigenvalue weighted by Gasteiger charge is 2.40. The van der Waals surface area contributed by atoms with E-state index >= 15 is 0 Å². The van der Waals surface area contributed by atoms with E-state index in [0.29, 0.717) is 41.9 Å². The molecule has 214 valence electrons. The Hall–Kier alpha value is -3.38. The Kier molecular flexibility index (Phi) is 7.43. The lowest BCUT2D eigenvalue weighted by atomic mass is 9.83. The molecule has 2 aromatic heterocycles. The fraction of sp³-hybridized carbons (Fsp3) is 0.481. The Balaban J connectivity index is 1.61. The predicted octanol–water partition coefficient (Wildman–Crippen LogP) is 3.98. The van der Waals surface area contributed by atoms with E-state index in [2.05, 4.69) is 15.5 Å². The van der Waals surface area contributed by atoms with Gasteiger partial charge >= 0.3 is 6.18 Å². The van der Waals surface area contributed by atoms with E-state index in [0.717, 1.165) is 37.6 Å². The number of hydrogen-bond donors (Lipinski definition) is 2. The Morgan fingerprint density at radius 2 is 2.00 bits per heavy atom. The highest BCUT2D eigenvalue weighted by Crippen LogP contribution is 2.35. The molecule has 0 spiro atoms. The Morgan fingerprint density at radius 3 is 2.60 bits per heavy atom. The van der Waals surface area contributed by atoms with Crippen molar-refractivity contribution >= 4 is 45.9 Å². The number of nitrogens with zero attached hydrogens (tertiary/aromatic N) is 5. The second kappa shape index (κ2) is 10.5. The van der Waals surface area contributed by atoms with Crippen molar-refractivity contribution in [2.24, 2.45) is 0 Å². The van der Waals surface area contributed by atoms with Gasteiger partial charge in [-0.1, -0.05) is 18.5 Å². The molecule has 2 atom stereocenters. The van der Waals surface area contributed by atoms with Gasteiger partial charge in [0.25, 0.3) is 0 Å². The fourth-order valence-electron chi connectivity index (χ4n) is 5.62. The number of anilines is 3. The summed E-state index contributed by atoms with van der Waals surface area (Å²) in [6, 6.07) is 3.24. The molecule has 0 bridgehead atoms. The molecule has 0 unspecified atom stereocenters. The van der Waals surface area contributed by atoms with E-state index in [1.807, 2.05) is 21.0 Å². The maximum Gasteiger partial charge on any atom is 0.416 e. The second-order valence-corrected chi connectivity index (χ2v) is 10.8. The summed E-state index contributed by atoms with van der Waals surface area (Å²) < 4.78 is 40.9. The third kappa shape index (κ3) is 4.98. The first-order valence-corrected chi connectivity index (χ1v) is 13.6. The maximum atomic E-state index is 14.1. The van der Waals surface area contributed by atoms with Gasteiger partial charge in [-0.25, -0.2) is 9.97 Å². The number of carbonyl (C=O) groups excluding carboxylic acids is 1. The summed E-state index contributed by atoms with van der Waals surface area (Å²) >= 11 is 6.09. The van der Waals surface area contributed by atoms with Crippen LogP contribution in [-0.4, -0.2) is 59.7 Å². The largest absolute Gasteiger partial charge is 0.416 e. The summed E-state index contributed by atoms with van der Waals surface area (Å²) in [5.74, 6) is 0.0272. The van der Waals surface area contributed by atoms with Crippen molar-refractivity contribution in [3.8, 4) is 0 Å². The number of alkyl halides is 3. The lowest BCUT2D eigenvalue weighted by Crippen LogP contribution is -2.64. The molecule has 40 heavy (non-hydrogen) atoms. The number of halogens is 4. The summed E-state index contributed by atoms with van der Waals surface area (Å²) in [5.41, 5.74) is 1.14. The number of pyridine rings is 1. The van der Waals surface area contributed by atoms with E-state index in [-0.39, 0.29) is 39.9 Å². The minimum absolute atomic E-state index is 0.0554. The molecule has 1 aliphatic heterocycles. The molecular weight excluding hydrogens is 547 g/mol. The topological polar surface area (TPSA) is 95.4 Å². The Bertz CT molecular complexity index is 1540. The van der Waals surface area contributed by atoms with Gasteiger partial charge in [-0.05, 0) is 44.4 Å². The number of carbonyl (C=O) groups is 1. The van der Waals surface area contributed by atoms with Crippen molar-refractivity contribution in [2.45, 2.75) is 57.9 Å². The lowest BCUT2D eigenvalue weighted by Gasteiger charge is -2.50. The van der Waals surface area contributed by atoms with Gasteiger partial charge in [0.15, 0.2) is 17.0 Å². The Morgan fingerprint density at radius 1 is 1.25 bits per heavy atom. The van der Waals surface area contributed by atoms with Crippen LogP contribution in [0.15, 0.2) is 23.0 Å². The summed E-state index contributed by atoms with van der Waals surface area (Å²) in [6.45, 7) is 4.84. The van der Waals surface area contributed by atoms with Gasteiger partial charge in [0.05, 0.1) is 22.0 Å². The molecule has 1 saturated carbocycles. The van der Waals surface area contributed by atoms with Crippen LogP contribution in [0.5, 0.6) is 0 Å². The van der Waals surface area contributed by atoms with Gasteiger partial charge in [-0.2, -0.15) is 13.2 Å². The SMILES string of the molecule is CCc1c(N2CCN[C@H]3CC[C@@H]32)c(=O)c2nc(N(C)C)c(C)nc2n1CC(=O)Nc1ccc(C(F)(F)F)cc1Cl. The molecule has 1 saturated heterocycles. The number of aryl methyl sites for hydroxylation is 1. The zero-order valence-electron chi connectivity index (χ0n) is 22.7. The highest BCUT2D eigenvalue weighted by atomic mass is 35.5. The zero-order chi connectivity index (χ0) is 28.9. The van der Waals surface area contributed by atoms with Crippen LogP contribution in [0.2, 0.25) is 5.02 Å². The molecule has 5 rings (SSSR count). The standard InChI is InChI=1S/C27H31ClF3N7O2/c1-5-19-23(37-11-10-32-18-8-9-20(18)37)24(40)22-26(33-14(2)25(35-22)36(3)4)38(19)13-21(39)34-17-7-6-15(12-16(17)28)27(29,30)31/h6-7,12,18,20,32H,5,8-11,13H2,1-4H3,(H,34,39)/t18-,20-/m0/s1. The molecule has 1 aromatic carbocycles. The van der Waals surface area contributed by atoms with Crippen molar-refractivity contribution in [1.29, 1.82) is 0 Å². The van der Waals surface area contributed by atoms with Crippen LogP contribution in [0.25, 0.3) is 11.2 Å². The number of amides is 1. The molecule has 1 amide bonds. The van der Waals surface area contributed by atoms with Crippen LogP contribution >= 0.6 is 11.6 Å². The van der Waals surface area contributed by atoms with Gasteiger partial charge in [-0.15, -0.1) is 0 Å². The predicted molar refractivity (Wildman–Crippen MR) is 149 cm³/mol. The van der Waals surface area contributed by atoms with E-state index < -0.39 is 17.6 Å². The van der Waals surface area contributed by atoms with Crippen LogP contribution < -0.4 is 25.9 Å². The van der Waals surface area contributed by atoms with Gasteiger partial charge < -0.3 is 25.0 Å². The molecule has 3 heterocycles. The van der Waals surface area contributed by atoms with Crippen LogP contribution in [0, 0.1) is 6.92 Å². The van der Waals surface area contributed by atoms with Gasteiger partial charge in [-0.3, -0.25) is 9.59 Å². The average molecular weight is 578 g/mol. The lowest BCUT2D eigenvalue weighted by molar-refractivity contribution is -0.137. The van der Waals surface area contributed by atoms with Crippen molar-refractivity contribution in [3.63, 3.8) is 0 Å². The molecule has 2 fully saturated rings. The normalized spacial score (nSPS) is 18.9. The van der Waals surface area contributed by atoms with Crippen molar-refractivity contribution in [1.82, 2.24) is 19.9 Å². The van der Waals surface area contributed by atoms with Crippen LogP contribution in [0.4, 0.5) is 30.4 Å². The smallest absolute Gasteiger partial charge is 0.361 e. The number of fused-ring (bicyclic) bond motifs is 2. The van der Waals surface area contributed by atoms with E-state index in [1.54, 1.807) is 16.4 Å². The number of aromatic nitrogens is 3. The van der Waals surface area contributed by atoms with Gasteiger partial charge in [0.2, 0.25) is 11.3 Å². The molecule has 9 nitrogen and oxygen atoms in total. The zero-order valence-corrected chi connectivity index (χ0v) is 23.4. The van der Waals surface area contributed by atoms with Crippen LogP contribution in [0.1, 0.15) is 36.7 Å². The Labute approximate surface area is 234 Å². The van der Waals surface area contributed by atoms with Gasteiger partial charge in [0, 0.05) is 45.0 Å². The molecule has 13 heteroatoms. The number of hydrogen-bond acceptors (Lipinski definition) is 7. The fourth-order valence-corrected chi connectivity index (χ4v) is 5.85. The first-order chi connectivity index (χ1) is 18.9. The van der Waals surface area contributed by atoms with Crippen molar-refractivity contribution in [2.75, 3.05) is 42.3 Å². The summed E-state index contributed by atoms with van der Waals surface area (Å²) in [7, 11) is 3.64. The quantitative estimate of drug-likeness (QED) is 0.458. The molecule has 1 aliphatic carbocycles. The summed E-state index contributed by atoms with van der Waals surface area (Å²) in [6.07, 6.45) is -2.12. The van der Waals surface area contributed by atoms with Crippen LogP contribution in [0.3, 0.4) is 0 Å². The van der Waals surface area contributed by atoms with E-state index in [1.165, 1.54) is 0 Å². The number of nitrogens with one attached hydrogen (secondary N) is 2. The molecule has 2 aliphatic rings. The number of piperazine rings is 1. The van der Waals surface area contributed by atoms with Crippen molar-refractivity contribution < 1.29 is 18.0 Å². The summed E-state index contributed by atoms with van der Waals surface area (Å²) in [5, 5.41) is 5.90. The minimum atomic E-state index is -4.56. The molecule has 2 N–H and O–H groups in total. The summed E-state index contributed by atoms with van der Waals surface area (Å²) in [4.78, 5) is 40.7. The van der Waals surface area contributed by atoms with E-state index in [9.17, 15) is 22.8 Å².